The normalized spacial score (nSPS) is 18.9. The minimum atomic E-state index is -0.534. The van der Waals surface area contributed by atoms with Crippen molar-refractivity contribution in [1.29, 1.82) is 5.26 Å². The van der Waals surface area contributed by atoms with Gasteiger partial charge >= 0.3 is 0 Å². The van der Waals surface area contributed by atoms with Crippen molar-refractivity contribution < 1.29 is 23.9 Å². The van der Waals surface area contributed by atoms with Crippen LogP contribution in [0.5, 0.6) is 0 Å². The molecule has 3 rings (SSSR count). The Bertz CT molecular complexity index is 1370. The Balaban J connectivity index is 1.75. The molecule has 2 aromatic rings. The molecule has 10 heteroatoms. The van der Waals surface area contributed by atoms with Crippen LogP contribution in [-0.2, 0) is 36.7 Å². The average molecular weight is 676 g/mol. The van der Waals surface area contributed by atoms with Gasteiger partial charge in [0.1, 0.15) is 11.6 Å². The number of hydrogen-bond acceptors (Lipinski definition) is 8. The van der Waals surface area contributed by atoms with Gasteiger partial charge in [0.2, 0.25) is 11.8 Å². The number of carbonyl (C=O) groups is 3. The number of ketones is 1. The van der Waals surface area contributed by atoms with Gasteiger partial charge in [-0.2, -0.15) is 5.26 Å². The lowest BCUT2D eigenvalue weighted by molar-refractivity contribution is -0.148. The summed E-state index contributed by atoms with van der Waals surface area (Å²) in [4.78, 5) is 54.0. The lowest BCUT2D eigenvalue weighted by Gasteiger charge is -2.40. The standard InChI is InChI=1S/C39H57N5O5/c1-9-27(4)37(43(6)39(47)31(26(2)3)23-35-41-18-14-19-42-35)34(48-7)24-36(46)44-20-13-17-32(44)38(49-8)28(5)33(45)22-30(25-40)21-29-15-11-10-12-16-29/h10-12,14-16,18-19,26-28,30-32,34,37-38H,9,13,17,20-24H2,1-8H3/t27-,28-,30+,31-,32-,34+,37-,38+/m0/s1. The van der Waals surface area contributed by atoms with E-state index < -0.39 is 24.0 Å². The Hall–Kier alpha value is -3.68. The van der Waals surface area contributed by atoms with Gasteiger partial charge in [0.25, 0.3) is 0 Å². The number of likely N-dealkylation sites (N-methyl/N-ethyl adjacent to an activating group) is 1. The number of nitriles is 1. The lowest BCUT2D eigenvalue weighted by Crippen LogP contribution is -2.54. The smallest absolute Gasteiger partial charge is 0.226 e. The summed E-state index contributed by atoms with van der Waals surface area (Å²) in [6.45, 7) is 10.6. The summed E-state index contributed by atoms with van der Waals surface area (Å²) in [7, 11) is 5.00. The van der Waals surface area contributed by atoms with Gasteiger partial charge in [-0.15, -0.1) is 0 Å². The van der Waals surface area contributed by atoms with Crippen LogP contribution in [0.2, 0.25) is 0 Å². The van der Waals surface area contributed by atoms with E-state index in [4.69, 9.17) is 9.47 Å². The first-order valence-corrected chi connectivity index (χ1v) is 17.8. The van der Waals surface area contributed by atoms with E-state index in [1.165, 1.54) is 0 Å². The predicted octanol–water partition coefficient (Wildman–Crippen LogP) is 5.55. The molecule has 10 nitrogen and oxygen atoms in total. The number of Topliss-reactive ketones (excluding diaryl/α,β-unsaturated/α-hetero) is 1. The van der Waals surface area contributed by atoms with Gasteiger partial charge in [0.05, 0.1) is 42.7 Å². The fourth-order valence-corrected chi connectivity index (χ4v) is 7.33. The monoisotopic (exact) mass is 675 g/mol. The molecule has 49 heavy (non-hydrogen) atoms. The minimum Gasteiger partial charge on any atom is -0.379 e. The van der Waals surface area contributed by atoms with Crippen LogP contribution in [-0.4, -0.2) is 89.5 Å². The maximum absolute atomic E-state index is 14.1. The Morgan fingerprint density at radius 1 is 1.00 bits per heavy atom. The van der Waals surface area contributed by atoms with Crippen molar-refractivity contribution in [1.82, 2.24) is 19.8 Å². The summed E-state index contributed by atoms with van der Waals surface area (Å²) >= 11 is 0. The van der Waals surface area contributed by atoms with Crippen LogP contribution in [0.4, 0.5) is 0 Å². The first-order valence-electron chi connectivity index (χ1n) is 17.8. The summed E-state index contributed by atoms with van der Waals surface area (Å²) in [5.41, 5.74) is 1.02. The van der Waals surface area contributed by atoms with Crippen molar-refractivity contribution in [2.24, 2.45) is 29.6 Å². The molecule has 1 aromatic heterocycles. The molecule has 0 bridgehead atoms. The first-order chi connectivity index (χ1) is 23.5. The molecule has 1 aliphatic heterocycles. The highest BCUT2D eigenvalue weighted by Gasteiger charge is 2.42. The van der Waals surface area contributed by atoms with Crippen LogP contribution in [0.1, 0.15) is 78.1 Å². The van der Waals surface area contributed by atoms with Gasteiger partial charge in [0, 0.05) is 64.9 Å². The zero-order valence-electron chi connectivity index (χ0n) is 30.7. The van der Waals surface area contributed by atoms with Crippen molar-refractivity contribution >= 4 is 17.6 Å². The van der Waals surface area contributed by atoms with Crippen LogP contribution in [0.15, 0.2) is 48.8 Å². The number of rotatable bonds is 19. The van der Waals surface area contributed by atoms with E-state index in [0.29, 0.717) is 25.2 Å². The Kier molecular flexibility index (Phi) is 15.8. The van der Waals surface area contributed by atoms with Crippen molar-refractivity contribution in [3.8, 4) is 6.07 Å². The van der Waals surface area contributed by atoms with E-state index in [0.717, 1.165) is 24.8 Å². The zero-order chi connectivity index (χ0) is 36.1. The van der Waals surface area contributed by atoms with E-state index >= 15 is 0 Å². The van der Waals surface area contributed by atoms with Crippen LogP contribution >= 0.6 is 0 Å². The van der Waals surface area contributed by atoms with Gasteiger partial charge in [-0.05, 0) is 42.7 Å². The maximum Gasteiger partial charge on any atom is 0.226 e. The number of nitrogens with zero attached hydrogens (tertiary/aromatic N) is 5. The molecule has 268 valence electrons. The van der Waals surface area contributed by atoms with Gasteiger partial charge in [-0.25, -0.2) is 9.97 Å². The largest absolute Gasteiger partial charge is 0.379 e. The Morgan fingerprint density at radius 3 is 2.24 bits per heavy atom. The second-order valence-corrected chi connectivity index (χ2v) is 14.0. The van der Waals surface area contributed by atoms with E-state index in [2.05, 4.69) is 29.9 Å². The molecule has 0 spiro atoms. The number of likely N-dealkylation sites (tertiary alicyclic amines) is 1. The second kappa shape index (κ2) is 19.5. The Morgan fingerprint density at radius 2 is 1.67 bits per heavy atom. The van der Waals surface area contributed by atoms with Crippen molar-refractivity contribution in [3.63, 3.8) is 0 Å². The summed E-state index contributed by atoms with van der Waals surface area (Å²) in [5, 5.41) is 9.82. The zero-order valence-corrected chi connectivity index (χ0v) is 30.7. The SMILES string of the molecule is CC[C@H](C)[C@@H]([C@@H](CC(=O)N1CCC[C@H]1[C@H](OC)[C@@H](C)C(=O)C[C@H](C#N)Cc1ccccc1)OC)N(C)C(=O)[C@@H](Cc1ncccn1)C(C)C. The third kappa shape index (κ3) is 10.7. The van der Waals surface area contributed by atoms with Crippen molar-refractivity contribution in [2.45, 2.75) is 104 Å². The quantitative estimate of drug-likeness (QED) is 0.190. The number of hydrogen-bond donors (Lipinski definition) is 0. The summed E-state index contributed by atoms with van der Waals surface area (Å²) in [5.74, 6) is -0.653. The molecule has 0 N–H and O–H groups in total. The highest BCUT2D eigenvalue weighted by molar-refractivity contribution is 5.83. The van der Waals surface area contributed by atoms with Crippen LogP contribution < -0.4 is 0 Å². The molecule has 0 aliphatic carbocycles. The van der Waals surface area contributed by atoms with Crippen molar-refractivity contribution in [2.75, 3.05) is 27.8 Å². The van der Waals surface area contributed by atoms with Crippen molar-refractivity contribution in [3.05, 3.63) is 60.2 Å². The fourth-order valence-electron chi connectivity index (χ4n) is 7.33. The van der Waals surface area contributed by atoms with Crippen LogP contribution in [0.3, 0.4) is 0 Å². The lowest BCUT2D eigenvalue weighted by atomic mass is 9.85. The third-order valence-electron chi connectivity index (χ3n) is 10.5. The number of aromatic nitrogens is 2. The molecular formula is C39H57N5O5. The van der Waals surface area contributed by atoms with Gasteiger partial charge in [0.15, 0.2) is 0 Å². The summed E-state index contributed by atoms with van der Waals surface area (Å²) in [6.07, 6.45) is 5.82. The molecule has 2 amide bonds. The third-order valence-corrected chi connectivity index (χ3v) is 10.5. The first kappa shape index (κ1) is 39.8. The molecule has 2 heterocycles. The fraction of sp³-hybridized carbons (Fsp3) is 0.641. The minimum absolute atomic E-state index is 0.0176. The molecule has 0 unspecified atom stereocenters. The number of benzene rings is 1. The highest BCUT2D eigenvalue weighted by Crippen LogP contribution is 2.31. The van der Waals surface area contributed by atoms with Crippen LogP contribution in [0.25, 0.3) is 0 Å². The average Bonchev–Trinajstić information content (AvgIpc) is 3.60. The van der Waals surface area contributed by atoms with E-state index in [1.54, 1.807) is 37.6 Å². The van der Waals surface area contributed by atoms with E-state index in [-0.39, 0.29) is 60.3 Å². The number of carbonyl (C=O) groups excluding carboxylic acids is 3. The molecular weight excluding hydrogens is 618 g/mol. The highest BCUT2D eigenvalue weighted by atomic mass is 16.5. The molecule has 1 fully saturated rings. The molecule has 1 saturated heterocycles. The molecule has 1 aliphatic rings. The molecule has 0 saturated carbocycles. The number of ether oxygens (including phenoxy) is 2. The summed E-state index contributed by atoms with van der Waals surface area (Å²) in [6, 6.07) is 13.2. The van der Waals surface area contributed by atoms with E-state index in [1.807, 2.05) is 63.1 Å². The van der Waals surface area contributed by atoms with Gasteiger partial charge in [-0.3, -0.25) is 14.4 Å². The Labute approximate surface area is 293 Å². The maximum atomic E-state index is 14.1. The van der Waals surface area contributed by atoms with E-state index in [9.17, 15) is 19.6 Å². The second-order valence-electron chi connectivity index (χ2n) is 14.0. The predicted molar refractivity (Wildman–Crippen MR) is 189 cm³/mol. The number of methoxy groups -OCH3 is 2. The summed E-state index contributed by atoms with van der Waals surface area (Å²) < 4.78 is 12.0. The molecule has 1 aromatic carbocycles. The number of amides is 2. The van der Waals surface area contributed by atoms with Gasteiger partial charge in [-0.1, -0.05) is 71.4 Å². The van der Waals surface area contributed by atoms with Crippen LogP contribution in [0, 0.1) is 40.9 Å². The molecule has 0 radical (unpaired) electrons. The molecule has 8 atom stereocenters. The van der Waals surface area contributed by atoms with Gasteiger partial charge < -0.3 is 19.3 Å². The topological polar surface area (TPSA) is 126 Å².